The number of aliphatic imine (C=N–C) groups is 1. The third-order valence-corrected chi connectivity index (χ3v) is 3.75. The molecule has 3 N–H and O–H groups in total. The van der Waals surface area contributed by atoms with Crippen molar-refractivity contribution < 1.29 is 19.0 Å². The van der Waals surface area contributed by atoms with Crippen molar-refractivity contribution in [2.75, 3.05) is 52.6 Å². The van der Waals surface area contributed by atoms with Gasteiger partial charge in [0.15, 0.2) is 5.96 Å². The molecular formula is C19H39IN4O4. The minimum atomic E-state index is -0.473. The van der Waals surface area contributed by atoms with Crippen LogP contribution in [0.5, 0.6) is 0 Å². The average molecular weight is 514 g/mol. The Morgan fingerprint density at radius 2 is 1.93 bits per heavy atom. The Morgan fingerprint density at radius 3 is 2.57 bits per heavy atom. The molecule has 0 aromatic rings. The largest absolute Gasteiger partial charge is 0.444 e. The highest BCUT2D eigenvalue weighted by Crippen LogP contribution is 2.12. The average Bonchev–Trinajstić information content (AvgIpc) is 3.09. The third-order valence-electron chi connectivity index (χ3n) is 3.75. The summed E-state index contributed by atoms with van der Waals surface area (Å²) in [5.74, 6) is 1.35. The van der Waals surface area contributed by atoms with Crippen LogP contribution in [0.25, 0.3) is 0 Å². The molecule has 1 aliphatic rings. The summed E-state index contributed by atoms with van der Waals surface area (Å²) in [6.07, 6.45) is 2.40. The van der Waals surface area contributed by atoms with E-state index in [0.29, 0.717) is 19.0 Å². The van der Waals surface area contributed by atoms with Crippen molar-refractivity contribution in [1.82, 2.24) is 16.0 Å². The smallest absolute Gasteiger partial charge is 0.407 e. The van der Waals surface area contributed by atoms with Crippen LogP contribution < -0.4 is 16.0 Å². The van der Waals surface area contributed by atoms with Crippen molar-refractivity contribution in [3.63, 3.8) is 0 Å². The summed E-state index contributed by atoms with van der Waals surface area (Å²) in [7, 11) is 0. The first-order chi connectivity index (χ1) is 12.9. The molecule has 0 spiro atoms. The van der Waals surface area contributed by atoms with Gasteiger partial charge in [0, 0.05) is 45.3 Å². The quantitative estimate of drug-likeness (QED) is 0.170. The van der Waals surface area contributed by atoms with Gasteiger partial charge in [-0.25, -0.2) is 4.79 Å². The highest BCUT2D eigenvalue weighted by Gasteiger charge is 2.16. The molecule has 9 heteroatoms. The van der Waals surface area contributed by atoms with Crippen LogP contribution in [0.1, 0.15) is 47.0 Å². The Bertz CT molecular complexity index is 438. The summed E-state index contributed by atoms with van der Waals surface area (Å²) >= 11 is 0. The van der Waals surface area contributed by atoms with Crippen molar-refractivity contribution in [2.45, 2.75) is 52.6 Å². The molecule has 1 saturated heterocycles. The maximum absolute atomic E-state index is 11.6. The number of hydrogen-bond donors (Lipinski definition) is 3. The van der Waals surface area contributed by atoms with E-state index in [9.17, 15) is 4.79 Å². The molecule has 1 unspecified atom stereocenters. The number of guanidine groups is 1. The molecule has 166 valence electrons. The molecule has 1 heterocycles. The first-order valence-electron chi connectivity index (χ1n) is 10.0. The number of rotatable bonds is 11. The number of amides is 1. The molecule has 0 saturated carbocycles. The Hall–Kier alpha value is -0.810. The van der Waals surface area contributed by atoms with E-state index < -0.39 is 5.60 Å². The zero-order valence-corrected chi connectivity index (χ0v) is 20.2. The molecule has 1 fully saturated rings. The van der Waals surface area contributed by atoms with E-state index in [-0.39, 0.29) is 30.1 Å². The molecule has 0 aromatic carbocycles. The van der Waals surface area contributed by atoms with E-state index in [0.717, 1.165) is 64.7 Å². The fraction of sp³-hybridized carbons (Fsp3) is 0.895. The van der Waals surface area contributed by atoms with Crippen molar-refractivity contribution in [3.05, 3.63) is 0 Å². The first-order valence-corrected chi connectivity index (χ1v) is 10.0. The van der Waals surface area contributed by atoms with E-state index in [4.69, 9.17) is 14.2 Å². The van der Waals surface area contributed by atoms with Gasteiger partial charge >= 0.3 is 6.09 Å². The lowest BCUT2D eigenvalue weighted by molar-refractivity contribution is 0.0527. The van der Waals surface area contributed by atoms with Gasteiger partial charge in [-0.1, -0.05) is 0 Å². The summed E-state index contributed by atoms with van der Waals surface area (Å²) in [5.41, 5.74) is -0.473. The van der Waals surface area contributed by atoms with Gasteiger partial charge in [-0.2, -0.15) is 0 Å². The summed E-state index contributed by atoms with van der Waals surface area (Å²) in [6, 6.07) is 0. The molecule has 0 radical (unpaired) electrons. The fourth-order valence-corrected chi connectivity index (χ4v) is 2.46. The van der Waals surface area contributed by atoms with Crippen molar-refractivity contribution >= 4 is 36.0 Å². The standard InChI is InChI=1S/C19H38N4O4.HI/c1-5-20-17(21-9-6-10-23-18(24)27-19(2,3)4)22-11-7-12-25-14-16-8-13-26-15-16;/h16H,5-15H2,1-4H3,(H,23,24)(H2,20,21,22);1H. The fourth-order valence-electron chi connectivity index (χ4n) is 2.46. The predicted octanol–water partition coefficient (Wildman–Crippen LogP) is 2.52. The van der Waals surface area contributed by atoms with Gasteiger partial charge in [-0.15, -0.1) is 24.0 Å². The van der Waals surface area contributed by atoms with Crippen LogP contribution in [0.3, 0.4) is 0 Å². The number of carbonyl (C=O) groups excluding carboxylic acids is 1. The van der Waals surface area contributed by atoms with E-state index in [1.807, 2.05) is 27.7 Å². The maximum Gasteiger partial charge on any atom is 0.407 e. The minimum absolute atomic E-state index is 0. The maximum atomic E-state index is 11.6. The monoisotopic (exact) mass is 514 g/mol. The molecule has 0 aromatic heterocycles. The third kappa shape index (κ3) is 15.2. The second-order valence-electron chi connectivity index (χ2n) is 7.63. The summed E-state index contributed by atoms with van der Waals surface area (Å²) in [6.45, 7) is 13.6. The summed E-state index contributed by atoms with van der Waals surface area (Å²) in [5, 5.41) is 9.26. The molecule has 1 amide bonds. The molecule has 1 atom stereocenters. The highest BCUT2D eigenvalue weighted by molar-refractivity contribution is 14.0. The number of alkyl carbamates (subject to hydrolysis) is 1. The Kier molecular flexibility index (Phi) is 15.6. The van der Waals surface area contributed by atoms with Crippen LogP contribution in [0, 0.1) is 5.92 Å². The number of nitrogens with zero attached hydrogens (tertiary/aromatic N) is 1. The first kappa shape index (κ1) is 27.2. The Balaban J connectivity index is 0.00000729. The van der Waals surface area contributed by atoms with Crippen LogP contribution in [0.2, 0.25) is 0 Å². The van der Waals surface area contributed by atoms with Crippen LogP contribution in [0.15, 0.2) is 4.99 Å². The molecule has 8 nitrogen and oxygen atoms in total. The van der Waals surface area contributed by atoms with Gasteiger partial charge in [0.05, 0.1) is 13.2 Å². The van der Waals surface area contributed by atoms with Crippen LogP contribution in [-0.4, -0.2) is 70.3 Å². The molecule has 1 aliphatic heterocycles. The van der Waals surface area contributed by atoms with E-state index in [1.54, 1.807) is 0 Å². The second-order valence-corrected chi connectivity index (χ2v) is 7.63. The number of halogens is 1. The Morgan fingerprint density at radius 1 is 1.18 bits per heavy atom. The Labute approximate surface area is 186 Å². The van der Waals surface area contributed by atoms with E-state index in [2.05, 4.69) is 20.9 Å². The van der Waals surface area contributed by atoms with E-state index in [1.165, 1.54) is 0 Å². The molecular weight excluding hydrogens is 475 g/mol. The van der Waals surface area contributed by atoms with Gasteiger partial charge in [0.1, 0.15) is 5.60 Å². The van der Waals surface area contributed by atoms with Crippen molar-refractivity contribution in [2.24, 2.45) is 10.9 Å². The summed E-state index contributed by atoms with van der Waals surface area (Å²) in [4.78, 5) is 16.1. The highest BCUT2D eigenvalue weighted by atomic mass is 127. The zero-order valence-electron chi connectivity index (χ0n) is 17.8. The van der Waals surface area contributed by atoms with E-state index >= 15 is 0 Å². The second kappa shape index (κ2) is 16.0. The number of nitrogens with one attached hydrogen (secondary N) is 3. The lowest BCUT2D eigenvalue weighted by atomic mass is 10.1. The summed E-state index contributed by atoms with van der Waals surface area (Å²) < 4.78 is 16.2. The molecule has 0 bridgehead atoms. The van der Waals surface area contributed by atoms with Gasteiger partial charge in [-0.05, 0) is 47.0 Å². The van der Waals surface area contributed by atoms with Gasteiger partial charge in [0.2, 0.25) is 0 Å². The zero-order chi connectivity index (χ0) is 20.0. The number of hydrogen-bond acceptors (Lipinski definition) is 5. The molecule has 0 aliphatic carbocycles. The topological polar surface area (TPSA) is 93.2 Å². The predicted molar refractivity (Wildman–Crippen MR) is 123 cm³/mol. The van der Waals surface area contributed by atoms with Crippen molar-refractivity contribution in [1.29, 1.82) is 0 Å². The lowest BCUT2D eigenvalue weighted by Crippen LogP contribution is -2.38. The number of carbonyl (C=O) groups is 1. The molecule has 28 heavy (non-hydrogen) atoms. The van der Waals surface area contributed by atoms with Crippen LogP contribution >= 0.6 is 24.0 Å². The van der Waals surface area contributed by atoms with Crippen LogP contribution in [-0.2, 0) is 14.2 Å². The van der Waals surface area contributed by atoms with Gasteiger partial charge < -0.3 is 30.2 Å². The number of ether oxygens (including phenoxy) is 3. The van der Waals surface area contributed by atoms with Gasteiger partial charge in [-0.3, -0.25) is 4.99 Å². The minimum Gasteiger partial charge on any atom is -0.444 e. The van der Waals surface area contributed by atoms with Crippen molar-refractivity contribution in [3.8, 4) is 0 Å². The van der Waals surface area contributed by atoms with Crippen LogP contribution in [0.4, 0.5) is 4.79 Å². The SMILES string of the molecule is CCNC(=NCCCNC(=O)OC(C)(C)C)NCCCOCC1CCOC1.I. The van der Waals surface area contributed by atoms with Gasteiger partial charge in [0.25, 0.3) is 0 Å². The normalized spacial score (nSPS) is 17.0. The lowest BCUT2D eigenvalue weighted by Gasteiger charge is -2.19. The molecule has 1 rings (SSSR count).